The van der Waals surface area contributed by atoms with Crippen LogP contribution in [0.15, 0.2) is 66.7 Å². The lowest BCUT2D eigenvalue weighted by Gasteiger charge is -2.24. The predicted molar refractivity (Wildman–Crippen MR) is 134 cm³/mol. The van der Waals surface area contributed by atoms with E-state index in [9.17, 15) is 14.7 Å². The van der Waals surface area contributed by atoms with Crippen molar-refractivity contribution in [1.82, 2.24) is 9.88 Å². The second kappa shape index (κ2) is 11.5. The number of benzene rings is 2. The van der Waals surface area contributed by atoms with E-state index in [4.69, 9.17) is 4.74 Å². The van der Waals surface area contributed by atoms with Gasteiger partial charge >= 0.3 is 5.97 Å². The molecule has 3 aromatic rings. The number of anilines is 1. The largest absolute Gasteiger partial charge is 0.493 e. The molecule has 0 saturated heterocycles. The van der Waals surface area contributed by atoms with Crippen molar-refractivity contribution in [2.24, 2.45) is 5.92 Å². The highest BCUT2D eigenvalue weighted by atomic mass is 16.5. The average molecular weight is 474 g/mol. The number of pyridine rings is 1. The molecule has 1 amide bonds. The van der Waals surface area contributed by atoms with Crippen LogP contribution in [-0.4, -0.2) is 47.1 Å². The fourth-order valence-corrected chi connectivity index (χ4v) is 4.43. The molecule has 182 valence electrons. The van der Waals surface area contributed by atoms with E-state index in [1.165, 1.54) is 0 Å². The van der Waals surface area contributed by atoms with Crippen molar-refractivity contribution >= 4 is 17.7 Å². The highest BCUT2D eigenvalue weighted by molar-refractivity contribution is 5.84. The standard InChI is InChI=1S/C28H31N3O4/c1-29-26-9-5-8-24(30-26)13-15-35-25-11-10-21-16-22(18-27(32)33)28(34)31(19-23(21)17-25)14-12-20-6-3-2-4-7-20/h2-11,17,22H,12-16,18-19H2,1H3,(H,29,30)(H,32,33)/t22-/m0/s1. The number of amides is 1. The van der Waals surface area contributed by atoms with Gasteiger partial charge in [0.15, 0.2) is 0 Å². The van der Waals surface area contributed by atoms with E-state index in [0.717, 1.165) is 40.4 Å². The number of carbonyl (C=O) groups excluding carboxylic acids is 1. The normalized spacial score (nSPS) is 15.3. The van der Waals surface area contributed by atoms with Crippen LogP contribution in [0, 0.1) is 5.92 Å². The molecule has 1 atom stereocenters. The Morgan fingerprint density at radius 1 is 1.09 bits per heavy atom. The molecular weight excluding hydrogens is 442 g/mol. The minimum absolute atomic E-state index is 0.0995. The van der Waals surface area contributed by atoms with Gasteiger partial charge < -0.3 is 20.1 Å². The Bertz CT molecular complexity index is 1170. The van der Waals surface area contributed by atoms with Crippen molar-refractivity contribution in [2.75, 3.05) is 25.5 Å². The Kier molecular flexibility index (Phi) is 7.98. The Hall–Kier alpha value is -3.87. The van der Waals surface area contributed by atoms with Crippen LogP contribution in [0.25, 0.3) is 0 Å². The van der Waals surface area contributed by atoms with E-state index in [2.05, 4.69) is 10.3 Å². The number of nitrogens with zero attached hydrogens (tertiary/aromatic N) is 2. The summed E-state index contributed by atoms with van der Waals surface area (Å²) < 4.78 is 6.02. The first-order valence-corrected chi connectivity index (χ1v) is 11.9. The second-order valence-electron chi connectivity index (χ2n) is 8.79. The van der Waals surface area contributed by atoms with Gasteiger partial charge in [0.05, 0.1) is 18.9 Å². The number of aromatic nitrogens is 1. The zero-order valence-corrected chi connectivity index (χ0v) is 19.9. The lowest BCUT2D eigenvalue weighted by atomic mass is 9.94. The summed E-state index contributed by atoms with van der Waals surface area (Å²) in [6, 6.07) is 21.7. The Balaban J connectivity index is 1.47. The molecule has 0 unspecified atom stereocenters. The van der Waals surface area contributed by atoms with Crippen molar-refractivity contribution < 1.29 is 19.4 Å². The quantitative estimate of drug-likeness (QED) is 0.463. The van der Waals surface area contributed by atoms with E-state index in [1.807, 2.05) is 73.8 Å². The number of carboxylic acid groups (broad SMARTS) is 1. The number of carboxylic acids is 1. The summed E-state index contributed by atoms with van der Waals surface area (Å²) in [5, 5.41) is 12.4. The SMILES string of the molecule is CNc1cccc(CCOc2ccc3c(c2)CN(CCc2ccccc2)C(=O)[C@H](CC(=O)O)C3)n1. The monoisotopic (exact) mass is 473 g/mol. The van der Waals surface area contributed by atoms with Crippen LogP contribution in [0.2, 0.25) is 0 Å². The van der Waals surface area contributed by atoms with Gasteiger partial charge in [0, 0.05) is 32.3 Å². The van der Waals surface area contributed by atoms with Crippen LogP contribution in [0.5, 0.6) is 5.75 Å². The van der Waals surface area contributed by atoms with E-state index < -0.39 is 11.9 Å². The number of carbonyl (C=O) groups is 2. The van der Waals surface area contributed by atoms with E-state index >= 15 is 0 Å². The molecule has 2 N–H and O–H groups in total. The summed E-state index contributed by atoms with van der Waals surface area (Å²) in [5.74, 6) is -0.0607. The molecule has 0 aliphatic carbocycles. The van der Waals surface area contributed by atoms with Crippen LogP contribution in [0.1, 0.15) is 28.8 Å². The molecule has 35 heavy (non-hydrogen) atoms. The van der Waals surface area contributed by atoms with Gasteiger partial charge in [-0.3, -0.25) is 9.59 Å². The molecule has 7 heteroatoms. The number of rotatable bonds is 10. The van der Waals surface area contributed by atoms with Crippen molar-refractivity contribution in [3.8, 4) is 5.75 Å². The van der Waals surface area contributed by atoms with Gasteiger partial charge in [0.2, 0.25) is 5.91 Å². The number of nitrogens with one attached hydrogen (secondary N) is 1. The van der Waals surface area contributed by atoms with Crippen LogP contribution in [0.3, 0.4) is 0 Å². The summed E-state index contributed by atoms with van der Waals surface area (Å²) in [4.78, 5) is 31.0. The third-order valence-electron chi connectivity index (χ3n) is 6.29. The maximum atomic E-state index is 13.3. The number of fused-ring (bicyclic) bond motifs is 1. The molecule has 1 aliphatic heterocycles. The second-order valence-corrected chi connectivity index (χ2v) is 8.79. The topological polar surface area (TPSA) is 91.8 Å². The highest BCUT2D eigenvalue weighted by Crippen LogP contribution is 2.28. The van der Waals surface area contributed by atoms with E-state index in [-0.39, 0.29) is 12.3 Å². The third kappa shape index (κ3) is 6.59. The minimum atomic E-state index is -0.953. The molecule has 0 bridgehead atoms. The zero-order chi connectivity index (χ0) is 24.6. The Morgan fingerprint density at radius 2 is 1.91 bits per heavy atom. The van der Waals surface area contributed by atoms with Gasteiger partial charge in [0.25, 0.3) is 0 Å². The molecular formula is C28H31N3O4. The fourth-order valence-electron chi connectivity index (χ4n) is 4.43. The van der Waals surface area contributed by atoms with E-state index in [1.54, 1.807) is 4.90 Å². The molecule has 2 aromatic carbocycles. The number of hydrogen-bond donors (Lipinski definition) is 2. The predicted octanol–water partition coefficient (Wildman–Crippen LogP) is 3.96. The third-order valence-corrected chi connectivity index (χ3v) is 6.29. The molecule has 4 rings (SSSR count). The molecule has 1 aliphatic rings. The molecule has 2 heterocycles. The van der Waals surface area contributed by atoms with Crippen LogP contribution >= 0.6 is 0 Å². The van der Waals surface area contributed by atoms with Gasteiger partial charge in [0.1, 0.15) is 11.6 Å². The summed E-state index contributed by atoms with van der Waals surface area (Å²) in [7, 11) is 1.84. The first-order valence-electron chi connectivity index (χ1n) is 11.9. The molecule has 7 nitrogen and oxygen atoms in total. The van der Waals surface area contributed by atoms with Gasteiger partial charge in [-0.2, -0.15) is 0 Å². The first-order chi connectivity index (χ1) is 17.0. The zero-order valence-electron chi connectivity index (χ0n) is 19.9. The van der Waals surface area contributed by atoms with Gasteiger partial charge in [-0.1, -0.05) is 42.5 Å². The van der Waals surface area contributed by atoms with Gasteiger partial charge in [-0.05, 0) is 53.8 Å². The van der Waals surface area contributed by atoms with Crippen molar-refractivity contribution in [3.05, 3.63) is 89.1 Å². The van der Waals surface area contributed by atoms with Gasteiger partial charge in [-0.15, -0.1) is 0 Å². The summed E-state index contributed by atoms with van der Waals surface area (Å²) >= 11 is 0. The van der Waals surface area contributed by atoms with E-state index in [0.29, 0.717) is 32.5 Å². The van der Waals surface area contributed by atoms with Crippen LogP contribution < -0.4 is 10.1 Å². The number of hydrogen-bond acceptors (Lipinski definition) is 5. The first kappa shape index (κ1) is 24.3. The highest BCUT2D eigenvalue weighted by Gasteiger charge is 2.31. The lowest BCUT2D eigenvalue weighted by molar-refractivity contribution is -0.144. The number of aliphatic carboxylic acids is 1. The van der Waals surface area contributed by atoms with Crippen LogP contribution in [0.4, 0.5) is 5.82 Å². The summed E-state index contributed by atoms with van der Waals surface area (Å²) in [6.07, 6.45) is 1.64. The summed E-state index contributed by atoms with van der Waals surface area (Å²) in [6.45, 7) is 1.47. The maximum absolute atomic E-state index is 13.3. The molecule has 0 saturated carbocycles. The molecule has 0 fully saturated rings. The van der Waals surface area contributed by atoms with Crippen molar-refractivity contribution in [1.29, 1.82) is 0 Å². The van der Waals surface area contributed by atoms with Crippen LogP contribution in [-0.2, 0) is 35.4 Å². The average Bonchev–Trinajstić information content (AvgIpc) is 2.99. The maximum Gasteiger partial charge on any atom is 0.304 e. The molecule has 0 radical (unpaired) electrons. The van der Waals surface area contributed by atoms with Crippen molar-refractivity contribution in [3.63, 3.8) is 0 Å². The Morgan fingerprint density at radius 3 is 2.69 bits per heavy atom. The Labute approximate surface area is 205 Å². The minimum Gasteiger partial charge on any atom is -0.493 e. The van der Waals surface area contributed by atoms with Crippen molar-refractivity contribution in [2.45, 2.75) is 32.2 Å². The van der Waals surface area contributed by atoms with Gasteiger partial charge in [-0.25, -0.2) is 4.98 Å². The fraction of sp³-hybridized carbons (Fsp3) is 0.321. The molecule has 0 spiro atoms. The molecule has 1 aromatic heterocycles. The lowest BCUT2D eigenvalue weighted by Crippen LogP contribution is -2.37. The summed E-state index contributed by atoms with van der Waals surface area (Å²) in [5.41, 5.74) is 4.10. The smallest absolute Gasteiger partial charge is 0.304 e. The number of ether oxygens (including phenoxy) is 1.